The van der Waals surface area contributed by atoms with Crippen molar-refractivity contribution in [2.45, 2.75) is 58.5 Å². The van der Waals surface area contributed by atoms with Gasteiger partial charge in [0.15, 0.2) is 6.61 Å². The van der Waals surface area contributed by atoms with E-state index >= 15 is 0 Å². The maximum atomic E-state index is 12.4. The van der Waals surface area contributed by atoms with Crippen LogP contribution < -0.4 is 4.74 Å². The third-order valence-corrected chi connectivity index (χ3v) is 5.76. The Morgan fingerprint density at radius 2 is 1.89 bits per heavy atom. The van der Waals surface area contributed by atoms with Crippen LogP contribution in [0.4, 0.5) is 0 Å². The SMILES string of the molecule is C#Cc1ccc2c(OCC(=O)OC(C)(C)C3CCCCC3)cccc2c1C. The molecule has 2 aromatic carbocycles. The zero-order valence-corrected chi connectivity index (χ0v) is 16.5. The summed E-state index contributed by atoms with van der Waals surface area (Å²) in [7, 11) is 0. The first-order chi connectivity index (χ1) is 12.9. The molecule has 0 heterocycles. The van der Waals surface area contributed by atoms with Gasteiger partial charge >= 0.3 is 5.97 Å². The second-order valence-corrected chi connectivity index (χ2v) is 7.93. The van der Waals surface area contributed by atoms with Gasteiger partial charge < -0.3 is 9.47 Å². The monoisotopic (exact) mass is 364 g/mol. The fourth-order valence-corrected chi connectivity index (χ4v) is 4.10. The predicted octanol–water partition coefficient (Wildman–Crippen LogP) is 5.41. The number of carbonyl (C=O) groups is 1. The number of hydrogen-bond acceptors (Lipinski definition) is 3. The molecule has 27 heavy (non-hydrogen) atoms. The van der Waals surface area contributed by atoms with Crippen molar-refractivity contribution < 1.29 is 14.3 Å². The van der Waals surface area contributed by atoms with Crippen LogP contribution in [0.5, 0.6) is 5.75 Å². The van der Waals surface area contributed by atoms with Gasteiger partial charge in [0.1, 0.15) is 11.4 Å². The molecule has 0 radical (unpaired) electrons. The smallest absolute Gasteiger partial charge is 0.344 e. The normalized spacial score (nSPS) is 15.3. The number of fused-ring (bicyclic) bond motifs is 1. The van der Waals surface area contributed by atoms with Crippen LogP contribution in [-0.4, -0.2) is 18.2 Å². The van der Waals surface area contributed by atoms with Crippen LogP contribution in [0.15, 0.2) is 30.3 Å². The molecule has 3 nitrogen and oxygen atoms in total. The lowest BCUT2D eigenvalue weighted by atomic mass is 9.79. The van der Waals surface area contributed by atoms with Gasteiger partial charge in [-0.1, -0.05) is 37.3 Å². The average molecular weight is 364 g/mol. The van der Waals surface area contributed by atoms with E-state index < -0.39 is 5.60 Å². The van der Waals surface area contributed by atoms with Crippen LogP contribution in [-0.2, 0) is 9.53 Å². The molecule has 142 valence electrons. The summed E-state index contributed by atoms with van der Waals surface area (Å²) in [5.74, 6) is 3.48. The molecule has 1 fully saturated rings. The van der Waals surface area contributed by atoms with Crippen molar-refractivity contribution in [3.8, 4) is 18.1 Å². The third kappa shape index (κ3) is 4.27. The first-order valence-corrected chi connectivity index (χ1v) is 9.76. The minimum absolute atomic E-state index is 0.0921. The third-order valence-electron chi connectivity index (χ3n) is 5.76. The summed E-state index contributed by atoms with van der Waals surface area (Å²) in [4.78, 5) is 12.4. The number of ether oxygens (including phenoxy) is 2. The van der Waals surface area contributed by atoms with Crippen molar-refractivity contribution in [1.82, 2.24) is 0 Å². The molecule has 0 saturated heterocycles. The summed E-state index contributed by atoms with van der Waals surface area (Å²) in [6.07, 6.45) is 11.5. The van der Waals surface area contributed by atoms with Crippen molar-refractivity contribution in [3.05, 3.63) is 41.5 Å². The van der Waals surface area contributed by atoms with E-state index in [9.17, 15) is 4.79 Å². The van der Waals surface area contributed by atoms with Crippen molar-refractivity contribution in [3.63, 3.8) is 0 Å². The second-order valence-electron chi connectivity index (χ2n) is 7.93. The van der Waals surface area contributed by atoms with E-state index in [4.69, 9.17) is 15.9 Å². The van der Waals surface area contributed by atoms with Gasteiger partial charge in [0, 0.05) is 10.9 Å². The van der Waals surface area contributed by atoms with Crippen LogP contribution in [0, 0.1) is 25.2 Å². The topological polar surface area (TPSA) is 35.5 Å². The van der Waals surface area contributed by atoms with Gasteiger partial charge in [-0.25, -0.2) is 4.79 Å². The van der Waals surface area contributed by atoms with Crippen LogP contribution in [0.2, 0.25) is 0 Å². The van der Waals surface area contributed by atoms with Gasteiger partial charge in [-0.3, -0.25) is 0 Å². The molecular formula is C24H28O3. The fourth-order valence-electron chi connectivity index (χ4n) is 4.10. The molecule has 1 aliphatic carbocycles. The van der Waals surface area contributed by atoms with E-state index in [1.165, 1.54) is 19.3 Å². The first kappa shape index (κ1) is 19.3. The molecule has 0 aromatic heterocycles. The number of aryl methyl sites for hydroxylation is 1. The molecule has 0 atom stereocenters. The molecule has 2 aromatic rings. The number of terminal acetylenes is 1. The molecule has 3 rings (SSSR count). The summed E-state index contributed by atoms with van der Waals surface area (Å²) in [5.41, 5.74) is 1.47. The molecule has 0 unspecified atom stereocenters. The van der Waals surface area contributed by atoms with Crippen LogP contribution >= 0.6 is 0 Å². The molecule has 1 aliphatic rings. The zero-order valence-electron chi connectivity index (χ0n) is 16.5. The Hall–Kier alpha value is -2.47. The number of esters is 1. The highest BCUT2D eigenvalue weighted by atomic mass is 16.6. The van der Waals surface area contributed by atoms with Crippen LogP contribution in [0.1, 0.15) is 57.1 Å². The van der Waals surface area contributed by atoms with E-state index in [2.05, 4.69) is 5.92 Å². The molecular weight excluding hydrogens is 336 g/mol. The summed E-state index contributed by atoms with van der Waals surface area (Å²) >= 11 is 0. The quantitative estimate of drug-likeness (QED) is 0.526. The number of hydrogen-bond donors (Lipinski definition) is 0. The Morgan fingerprint density at radius 1 is 1.15 bits per heavy atom. The Kier molecular flexibility index (Phi) is 5.75. The van der Waals surface area contributed by atoms with Crippen molar-refractivity contribution in [2.24, 2.45) is 5.92 Å². The van der Waals surface area contributed by atoms with Gasteiger partial charge in [0.2, 0.25) is 0 Å². The highest BCUT2D eigenvalue weighted by molar-refractivity contribution is 5.92. The Labute approximate surface area is 162 Å². The van der Waals surface area contributed by atoms with E-state index in [-0.39, 0.29) is 12.6 Å². The Balaban J connectivity index is 1.68. The molecule has 3 heteroatoms. The van der Waals surface area contributed by atoms with Crippen LogP contribution in [0.25, 0.3) is 10.8 Å². The maximum absolute atomic E-state index is 12.4. The molecule has 0 spiro atoms. The van der Waals surface area contributed by atoms with Crippen molar-refractivity contribution >= 4 is 16.7 Å². The van der Waals surface area contributed by atoms with E-state index in [0.29, 0.717) is 11.7 Å². The summed E-state index contributed by atoms with van der Waals surface area (Å²) in [6, 6.07) is 9.67. The first-order valence-electron chi connectivity index (χ1n) is 9.76. The number of benzene rings is 2. The zero-order chi connectivity index (χ0) is 19.4. The van der Waals surface area contributed by atoms with Gasteiger partial charge in [0.25, 0.3) is 0 Å². The average Bonchev–Trinajstić information content (AvgIpc) is 2.67. The molecule has 0 bridgehead atoms. The second kappa shape index (κ2) is 8.05. The largest absolute Gasteiger partial charge is 0.481 e. The molecule has 1 saturated carbocycles. The summed E-state index contributed by atoms with van der Waals surface area (Å²) in [5, 5.41) is 1.99. The number of rotatable bonds is 5. The van der Waals surface area contributed by atoms with Crippen molar-refractivity contribution in [1.29, 1.82) is 0 Å². The van der Waals surface area contributed by atoms with Gasteiger partial charge in [0.05, 0.1) is 0 Å². The van der Waals surface area contributed by atoms with E-state index in [0.717, 1.165) is 34.7 Å². The molecule has 0 amide bonds. The van der Waals surface area contributed by atoms with E-state index in [1.54, 1.807) is 0 Å². The highest BCUT2D eigenvalue weighted by Crippen LogP contribution is 2.35. The number of carbonyl (C=O) groups excluding carboxylic acids is 1. The van der Waals surface area contributed by atoms with Gasteiger partial charge in [-0.15, -0.1) is 6.42 Å². The highest BCUT2D eigenvalue weighted by Gasteiger charge is 2.34. The Morgan fingerprint density at radius 3 is 2.59 bits per heavy atom. The van der Waals surface area contributed by atoms with E-state index in [1.807, 2.05) is 51.1 Å². The lowest BCUT2D eigenvalue weighted by molar-refractivity contribution is -0.165. The minimum Gasteiger partial charge on any atom is -0.481 e. The standard InChI is InChI=1S/C24H28O3/c1-5-18-14-15-21-20(17(18)2)12-9-13-22(21)26-16-23(25)27-24(3,4)19-10-7-6-8-11-19/h1,9,12-15,19H,6-8,10-11,16H2,2-4H3. The minimum atomic E-state index is -0.447. The van der Waals surface area contributed by atoms with Crippen LogP contribution in [0.3, 0.4) is 0 Å². The van der Waals surface area contributed by atoms with Gasteiger partial charge in [-0.05, 0) is 68.7 Å². The summed E-state index contributed by atoms with van der Waals surface area (Å²) < 4.78 is 11.6. The predicted molar refractivity (Wildman–Crippen MR) is 109 cm³/mol. The maximum Gasteiger partial charge on any atom is 0.344 e. The Bertz CT molecular complexity index is 867. The lowest BCUT2D eigenvalue weighted by Gasteiger charge is -2.36. The van der Waals surface area contributed by atoms with Crippen molar-refractivity contribution in [2.75, 3.05) is 6.61 Å². The molecule has 0 N–H and O–H groups in total. The lowest BCUT2D eigenvalue weighted by Crippen LogP contribution is -2.39. The fraction of sp³-hybridized carbons (Fsp3) is 0.458. The molecule has 0 aliphatic heterocycles. The van der Waals surface area contributed by atoms with Gasteiger partial charge in [-0.2, -0.15) is 0 Å². The summed E-state index contributed by atoms with van der Waals surface area (Å²) in [6.45, 7) is 5.94.